The van der Waals surface area contributed by atoms with Crippen molar-refractivity contribution in [3.63, 3.8) is 0 Å². The zero-order chi connectivity index (χ0) is 17.0. The van der Waals surface area contributed by atoms with E-state index in [1.807, 2.05) is 0 Å². The lowest BCUT2D eigenvalue weighted by atomic mass is 10.1. The van der Waals surface area contributed by atoms with E-state index in [0.29, 0.717) is 26.2 Å². The fourth-order valence-electron chi connectivity index (χ4n) is 2.15. The molecule has 0 atom stereocenters. The summed E-state index contributed by atoms with van der Waals surface area (Å²) in [6, 6.07) is 0. The average Bonchev–Trinajstić information content (AvgIpc) is 2.56. The highest BCUT2D eigenvalue weighted by molar-refractivity contribution is 9.09. The molecule has 0 unspecified atom stereocenters. The molecule has 0 bridgehead atoms. The summed E-state index contributed by atoms with van der Waals surface area (Å²) in [6.45, 7) is 4.06. The molecule has 0 amide bonds. The van der Waals surface area contributed by atoms with Gasteiger partial charge in [-0.2, -0.15) is 0 Å². The number of carbonyl (C=O) groups excluding carboxylic acids is 1. The smallest absolute Gasteiger partial charge is 0.305 e. The minimum Gasteiger partial charge on any atom is -0.466 e. The third-order valence-electron chi connectivity index (χ3n) is 3.57. The Kier molecular flexibility index (Phi) is 19.4. The highest BCUT2D eigenvalue weighted by Crippen LogP contribution is 2.04. The largest absolute Gasteiger partial charge is 0.466 e. The maximum Gasteiger partial charge on any atom is 0.305 e. The summed E-state index contributed by atoms with van der Waals surface area (Å²) in [4.78, 5) is 11.5. The van der Waals surface area contributed by atoms with Crippen molar-refractivity contribution in [1.82, 2.24) is 0 Å². The summed E-state index contributed by atoms with van der Waals surface area (Å²) < 4.78 is 10.7. The van der Waals surface area contributed by atoms with Gasteiger partial charge in [-0.3, -0.25) is 4.79 Å². The molecule has 0 aliphatic heterocycles. The van der Waals surface area contributed by atoms with Crippen LogP contribution in [0.1, 0.15) is 77.6 Å². The van der Waals surface area contributed by atoms with E-state index in [0.717, 1.165) is 31.0 Å². The fourth-order valence-corrected chi connectivity index (χ4v) is 2.55. The number of halogens is 1. The van der Waals surface area contributed by atoms with Crippen molar-refractivity contribution in [1.29, 1.82) is 0 Å². The summed E-state index contributed by atoms with van der Waals surface area (Å²) in [5.41, 5.74) is 0. The number of allylic oxidation sites excluding steroid dienone is 1. The second-order valence-electron chi connectivity index (χ2n) is 5.82. The summed E-state index contributed by atoms with van der Waals surface area (Å²) >= 11 is 3.41. The van der Waals surface area contributed by atoms with Gasteiger partial charge in [0.1, 0.15) is 0 Å². The highest BCUT2D eigenvalue weighted by atomic mass is 79.9. The van der Waals surface area contributed by atoms with Crippen molar-refractivity contribution in [3.05, 3.63) is 12.2 Å². The zero-order valence-corrected chi connectivity index (χ0v) is 16.5. The lowest BCUT2D eigenvalue weighted by Gasteiger charge is -2.05. The van der Waals surface area contributed by atoms with Crippen molar-refractivity contribution in [2.75, 3.05) is 25.2 Å². The van der Waals surface area contributed by atoms with Crippen LogP contribution in [0.5, 0.6) is 0 Å². The van der Waals surface area contributed by atoms with Gasteiger partial charge in [-0.25, -0.2) is 0 Å². The topological polar surface area (TPSA) is 35.5 Å². The van der Waals surface area contributed by atoms with Crippen LogP contribution in [-0.2, 0) is 14.3 Å². The van der Waals surface area contributed by atoms with Gasteiger partial charge < -0.3 is 9.47 Å². The normalized spacial score (nSPS) is 11.2. The zero-order valence-electron chi connectivity index (χ0n) is 14.9. The third-order valence-corrected chi connectivity index (χ3v) is 4.13. The van der Waals surface area contributed by atoms with Crippen LogP contribution >= 0.6 is 15.9 Å². The molecular formula is C19H35BrO3. The van der Waals surface area contributed by atoms with E-state index in [2.05, 4.69) is 35.0 Å². The Morgan fingerprint density at radius 2 is 1.70 bits per heavy atom. The van der Waals surface area contributed by atoms with Crippen LogP contribution in [0.3, 0.4) is 0 Å². The SMILES string of the molecule is CCCCCC/C=C/COCCCC(=O)OCCCCCCBr. The molecule has 0 aliphatic carbocycles. The number of esters is 1. The van der Waals surface area contributed by atoms with Crippen LogP contribution in [0.4, 0.5) is 0 Å². The molecule has 0 saturated heterocycles. The van der Waals surface area contributed by atoms with Crippen molar-refractivity contribution < 1.29 is 14.3 Å². The monoisotopic (exact) mass is 390 g/mol. The third kappa shape index (κ3) is 19.6. The van der Waals surface area contributed by atoms with E-state index in [9.17, 15) is 4.79 Å². The Morgan fingerprint density at radius 3 is 2.48 bits per heavy atom. The number of alkyl halides is 1. The van der Waals surface area contributed by atoms with Crippen molar-refractivity contribution in [3.8, 4) is 0 Å². The molecule has 3 nitrogen and oxygen atoms in total. The molecule has 0 spiro atoms. The van der Waals surface area contributed by atoms with Crippen molar-refractivity contribution in [2.45, 2.75) is 77.6 Å². The van der Waals surface area contributed by atoms with Gasteiger partial charge in [-0.15, -0.1) is 0 Å². The number of hydrogen-bond donors (Lipinski definition) is 0. The van der Waals surface area contributed by atoms with Gasteiger partial charge in [0.25, 0.3) is 0 Å². The van der Waals surface area contributed by atoms with Crippen LogP contribution in [-0.4, -0.2) is 31.1 Å². The number of rotatable bonds is 17. The van der Waals surface area contributed by atoms with Crippen LogP contribution in [0.2, 0.25) is 0 Å². The molecule has 0 N–H and O–H groups in total. The lowest BCUT2D eigenvalue weighted by molar-refractivity contribution is -0.144. The average molecular weight is 391 g/mol. The molecular weight excluding hydrogens is 356 g/mol. The van der Waals surface area contributed by atoms with E-state index in [-0.39, 0.29) is 5.97 Å². The molecule has 4 heteroatoms. The molecule has 0 heterocycles. The molecule has 0 saturated carbocycles. The molecule has 0 aromatic heterocycles. The molecule has 0 aromatic carbocycles. The number of carbonyl (C=O) groups is 1. The minimum absolute atomic E-state index is 0.0967. The number of hydrogen-bond acceptors (Lipinski definition) is 3. The van der Waals surface area contributed by atoms with Crippen LogP contribution in [0.15, 0.2) is 12.2 Å². The predicted molar refractivity (Wildman–Crippen MR) is 101 cm³/mol. The van der Waals surface area contributed by atoms with Gasteiger partial charge in [0.2, 0.25) is 0 Å². The quantitative estimate of drug-likeness (QED) is 0.136. The van der Waals surface area contributed by atoms with Gasteiger partial charge in [0.05, 0.1) is 13.2 Å². The molecule has 0 rings (SSSR count). The molecule has 0 radical (unpaired) electrons. The maximum absolute atomic E-state index is 11.5. The van der Waals surface area contributed by atoms with Crippen molar-refractivity contribution >= 4 is 21.9 Å². The maximum atomic E-state index is 11.5. The summed E-state index contributed by atoms with van der Waals surface area (Å²) in [7, 11) is 0. The minimum atomic E-state index is -0.0967. The summed E-state index contributed by atoms with van der Waals surface area (Å²) in [6.07, 6.45) is 16.3. The van der Waals surface area contributed by atoms with Gasteiger partial charge in [0.15, 0.2) is 0 Å². The van der Waals surface area contributed by atoms with Gasteiger partial charge in [-0.1, -0.05) is 67.1 Å². The molecule has 0 fully saturated rings. The van der Waals surface area contributed by atoms with E-state index < -0.39 is 0 Å². The fraction of sp³-hybridized carbons (Fsp3) is 0.842. The second kappa shape index (κ2) is 19.7. The highest BCUT2D eigenvalue weighted by Gasteiger charge is 2.02. The lowest BCUT2D eigenvalue weighted by Crippen LogP contribution is -2.07. The predicted octanol–water partition coefficient (Wildman–Crippen LogP) is 5.81. The molecule has 23 heavy (non-hydrogen) atoms. The number of ether oxygens (including phenoxy) is 2. The second-order valence-corrected chi connectivity index (χ2v) is 6.62. The Hall–Kier alpha value is -0.350. The Morgan fingerprint density at radius 1 is 0.913 bits per heavy atom. The van der Waals surface area contributed by atoms with Gasteiger partial charge in [0, 0.05) is 18.4 Å². The van der Waals surface area contributed by atoms with Gasteiger partial charge >= 0.3 is 5.97 Å². The standard InChI is InChI=1S/C19H35BrO3/c1-2-3-4-5-6-8-11-16-22-17-13-14-19(21)23-18-12-9-7-10-15-20/h8,11H,2-7,9-10,12-18H2,1H3/b11-8+. The first kappa shape index (κ1) is 22.6. The Balaban J connectivity index is 3.21. The Labute approximate surface area is 151 Å². The summed E-state index contributed by atoms with van der Waals surface area (Å²) in [5.74, 6) is -0.0967. The Bertz CT molecular complexity index is 280. The first-order chi connectivity index (χ1) is 11.3. The molecule has 0 aliphatic rings. The van der Waals surface area contributed by atoms with E-state index in [1.165, 1.54) is 38.5 Å². The van der Waals surface area contributed by atoms with E-state index in [4.69, 9.17) is 9.47 Å². The van der Waals surface area contributed by atoms with Crippen LogP contribution in [0, 0.1) is 0 Å². The molecule has 0 aromatic rings. The molecule has 136 valence electrons. The van der Waals surface area contributed by atoms with Crippen molar-refractivity contribution in [2.24, 2.45) is 0 Å². The van der Waals surface area contributed by atoms with Crippen LogP contribution < -0.4 is 0 Å². The van der Waals surface area contributed by atoms with Gasteiger partial charge in [-0.05, 0) is 32.1 Å². The van der Waals surface area contributed by atoms with Crippen LogP contribution in [0.25, 0.3) is 0 Å². The van der Waals surface area contributed by atoms with E-state index >= 15 is 0 Å². The first-order valence-corrected chi connectivity index (χ1v) is 10.4. The van der Waals surface area contributed by atoms with E-state index in [1.54, 1.807) is 0 Å². The summed E-state index contributed by atoms with van der Waals surface area (Å²) in [5, 5.41) is 1.06. The number of unbranched alkanes of at least 4 members (excludes halogenated alkanes) is 7. The first-order valence-electron chi connectivity index (χ1n) is 9.25.